The van der Waals surface area contributed by atoms with E-state index in [1.54, 1.807) is 6.07 Å². The van der Waals surface area contributed by atoms with Gasteiger partial charge in [0.2, 0.25) is 0 Å². The summed E-state index contributed by atoms with van der Waals surface area (Å²) >= 11 is 12.2. The largest absolute Gasteiger partial charge is 0.458 e. The number of nitrogens with one attached hydrogen (secondary N) is 1. The molecule has 0 bridgehead atoms. The third-order valence-electron chi connectivity index (χ3n) is 3.19. The van der Waals surface area contributed by atoms with Crippen LogP contribution in [0.4, 0.5) is 0 Å². The molecular formula is C15H19Cl2NO. The Hall–Kier alpha value is -0.700. The lowest BCUT2D eigenvalue weighted by Gasteiger charge is -2.19. The molecule has 2 rings (SSSR count). The molecule has 0 spiro atoms. The van der Waals surface area contributed by atoms with Crippen LogP contribution in [0.2, 0.25) is 10.0 Å². The SMILES string of the molecule is CCCNC(c1cc2ccc(Cl)c(Cl)c2o1)C(C)C. The van der Waals surface area contributed by atoms with Gasteiger partial charge in [-0.1, -0.05) is 44.0 Å². The van der Waals surface area contributed by atoms with Crippen molar-refractivity contribution in [1.29, 1.82) is 0 Å². The molecule has 1 heterocycles. The average Bonchev–Trinajstić information content (AvgIpc) is 2.78. The fourth-order valence-electron chi connectivity index (χ4n) is 2.18. The second-order valence-corrected chi connectivity index (χ2v) is 5.89. The molecule has 2 nitrogen and oxygen atoms in total. The number of furan rings is 1. The maximum absolute atomic E-state index is 6.18. The molecule has 0 amide bonds. The van der Waals surface area contributed by atoms with Gasteiger partial charge in [-0.3, -0.25) is 0 Å². The van der Waals surface area contributed by atoms with Gasteiger partial charge < -0.3 is 9.73 Å². The van der Waals surface area contributed by atoms with Crippen LogP contribution in [0.1, 0.15) is 39.0 Å². The van der Waals surface area contributed by atoms with E-state index in [0.29, 0.717) is 21.5 Å². The highest BCUT2D eigenvalue weighted by Gasteiger charge is 2.20. The van der Waals surface area contributed by atoms with E-state index >= 15 is 0 Å². The van der Waals surface area contributed by atoms with Crippen molar-refractivity contribution in [2.24, 2.45) is 5.92 Å². The van der Waals surface area contributed by atoms with Gasteiger partial charge in [-0.15, -0.1) is 0 Å². The van der Waals surface area contributed by atoms with Gasteiger partial charge in [0.1, 0.15) is 10.8 Å². The van der Waals surface area contributed by atoms with Gasteiger partial charge in [0.05, 0.1) is 11.1 Å². The van der Waals surface area contributed by atoms with Crippen molar-refractivity contribution >= 4 is 34.2 Å². The monoisotopic (exact) mass is 299 g/mol. The zero-order valence-electron chi connectivity index (χ0n) is 11.5. The van der Waals surface area contributed by atoms with E-state index in [0.717, 1.165) is 24.1 Å². The minimum atomic E-state index is 0.196. The van der Waals surface area contributed by atoms with Crippen LogP contribution in [0.15, 0.2) is 22.6 Å². The third kappa shape index (κ3) is 3.07. The molecule has 0 aliphatic carbocycles. The number of hydrogen-bond donors (Lipinski definition) is 1. The minimum Gasteiger partial charge on any atom is -0.458 e. The highest BCUT2D eigenvalue weighted by atomic mass is 35.5. The molecule has 0 saturated heterocycles. The summed E-state index contributed by atoms with van der Waals surface area (Å²) in [4.78, 5) is 0. The van der Waals surface area contributed by atoms with Crippen molar-refractivity contribution in [3.8, 4) is 0 Å². The standard InChI is InChI=1S/C15H19Cl2NO/c1-4-7-18-14(9(2)3)12-8-10-5-6-11(16)13(17)15(10)19-12/h5-6,8-9,14,18H,4,7H2,1-3H3. The molecule has 2 aromatic rings. The lowest BCUT2D eigenvalue weighted by atomic mass is 10.0. The number of fused-ring (bicyclic) bond motifs is 1. The summed E-state index contributed by atoms with van der Waals surface area (Å²) in [5.41, 5.74) is 0.674. The van der Waals surface area contributed by atoms with E-state index in [2.05, 4.69) is 26.1 Å². The van der Waals surface area contributed by atoms with Crippen LogP contribution in [-0.4, -0.2) is 6.54 Å². The Kier molecular flexibility index (Phi) is 4.77. The molecule has 0 fully saturated rings. The molecule has 1 N–H and O–H groups in total. The Morgan fingerprint density at radius 1 is 1.26 bits per heavy atom. The van der Waals surface area contributed by atoms with Crippen LogP contribution in [-0.2, 0) is 0 Å². The second kappa shape index (κ2) is 6.17. The van der Waals surface area contributed by atoms with Crippen molar-refractivity contribution < 1.29 is 4.42 Å². The highest BCUT2D eigenvalue weighted by molar-refractivity contribution is 6.44. The molecule has 0 aliphatic heterocycles. The van der Waals surface area contributed by atoms with Gasteiger partial charge in [-0.05, 0) is 37.1 Å². The maximum atomic E-state index is 6.18. The Labute approximate surface area is 124 Å². The van der Waals surface area contributed by atoms with Crippen molar-refractivity contribution in [2.75, 3.05) is 6.54 Å². The van der Waals surface area contributed by atoms with Gasteiger partial charge in [0.25, 0.3) is 0 Å². The lowest BCUT2D eigenvalue weighted by molar-refractivity contribution is 0.351. The number of rotatable bonds is 5. The fourth-order valence-corrected chi connectivity index (χ4v) is 2.54. The lowest BCUT2D eigenvalue weighted by Crippen LogP contribution is -2.25. The number of hydrogen-bond acceptors (Lipinski definition) is 2. The predicted octanol–water partition coefficient (Wildman–Crippen LogP) is 5.44. The van der Waals surface area contributed by atoms with Crippen molar-refractivity contribution in [3.05, 3.63) is 34.0 Å². The van der Waals surface area contributed by atoms with E-state index in [1.807, 2.05) is 12.1 Å². The van der Waals surface area contributed by atoms with Gasteiger partial charge >= 0.3 is 0 Å². The first-order valence-corrected chi connectivity index (χ1v) is 7.41. The summed E-state index contributed by atoms with van der Waals surface area (Å²) < 4.78 is 5.92. The van der Waals surface area contributed by atoms with E-state index in [4.69, 9.17) is 27.6 Å². The quantitative estimate of drug-likeness (QED) is 0.795. The number of halogens is 2. The summed E-state index contributed by atoms with van der Waals surface area (Å²) in [6, 6.07) is 5.98. The molecule has 0 aliphatic rings. The summed E-state index contributed by atoms with van der Waals surface area (Å²) in [5, 5.41) is 5.52. The van der Waals surface area contributed by atoms with Crippen LogP contribution >= 0.6 is 23.2 Å². The zero-order valence-corrected chi connectivity index (χ0v) is 13.0. The van der Waals surface area contributed by atoms with Crippen LogP contribution in [0.25, 0.3) is 11.0 Å². The normalized spacial score (nSPS) is 13.4. The Morgan fingerprint density at radius 2 is 2.00 bits per heavy atom. The highest BCUT2D eigenvalue weighted by Crippen LogP contribution is 2.35. The molecule has 1 atom stereocenters. The first kappa shape index (κ1) is 14.7. The van der Waals surface area contributed by atoms with Crippen LogP contribution in [0.5, 0.6) is 0 Å². The second-order valence-electron chi connectivity index (χ2n) is 5.10. The summed E-state index contributed by atoms with van der Waals surface area (Å²) in [5.74, 6) is 1.36. The fraction of sp³-hybridized carbons (Fsp3) is 0.467. The average molecular weight is 300 g/mol. The van der Waals surface area contributed by atoms with Gasteiger partial charge in [0.15, 0.2) is 5.58 Å². The topological polar surface area (TPSA) is 25.2 Å². The van der Waals surface area contributed by atoms with E-state index < -0.39 is 0 Å². The molecule has 1 aromatic carbocycles. The minimum absolute atomic E-state index is 0.196. The van der Waals surface area contributed by atoms with Crippen molar-refractivity contribution in [2.45, 2.75) is 33.2 Å². The molecule has 4 heteroatoms. The zero-order chi connectivity index (χ0) is 14.0. The molecule has 0 radical (unpaired) electrons. The molecule has 0 saturated carbocycles. The Morgan fingerprint density at radius 3 is 2.63 bits per heavy atom. The van der Waals surface area contributed by atoms with Gasteiger partial charge in [-0.25, -0.2) is 0 Å². The molecular weight excluding hydrogens is 281 g/mol. The maximum Gasteiger partial charge on any atom is 0.154 e. The van der Waals surface area contributed by atoms with Crippen molar-refractivity contribution in [1.82, 2.24) is 5.32 Å². The van der Waals surface area contributed by atoms with E-state index in [1.165, 1.54) is 0 Å². The molecule has 104 valence electrons. The summed E-state index contributed by atoms with van der Waals surface area (Å²) in [6.45, 7) is 7.47. The molecule has 1 aromatic heterocycles. The Bertz CT molecular complexity index is 563. The smallest absolute Gasteiger partial charge is 0.154 e. The third-order valence-corrected chi connectivity index (χ3v) is 3.97. The van der Waals surface area contributed by atoms with Crippen LogP contribution < -0.4 is 5.32 Å². The summed E-state index contributed by atoms with van der Waals surface area (Å²) in [6.07, 6.45) is 1.09. The van der Waals surface area contributed by atoms with Gasteiger partial charge in [-0.2, -0.15) is 0 Å². The van der Waals surface area contributed by atoms with Crippen LogP contribution in [0, 0.1) is 5.92 Å². The van der Waals surface area contributed by atoms with Gasteiger partial charge in [0, 0.05) is 5.39 Å². The predicted molar refractivity (Wildman–Crippen MR) is 82.1 cm³/mol. The molecule has 1 unspecified atom stereocenters. The summed E-state index contributed by atoms with van der Waals surface area (Å²) in [7, 11) is 0. The van der Waals surface area contributed by atoms with Crippen molar-refractivity contribution in [3.63, 3.8) is 0 Å². The van der Waals surface area contributed by atoms with E-state index in [9.17, 15) is 0 Å². The van der Waals surface area contributed by atoms with E-state index in [-0.39, 0.29) is 6.04 Å². The first-order chi connectivity index (χ1) is 9.04. The number of benzene rings is 1. The molecule has 19 heavy (non-hydrogen) atoms. The Balaban J connectivity index is 2.40. The first-order valence-electron chi connectivity index (χ1n) is 6.65. The van der Waals surface area contributed by atoms with Crippen LogP contribution in [0.3, 0.4) is 0 Å².